The molecule has 82 valence electrons. The molecule has 2 aliphatic carbocycles. The predicted molar refractivity (Wildman–Crippen MR) is 57.5 cm³/mol. The van der Waals surface area contributed by atoms with Gasteiger partial charge in [0, 0.05) is 12.0 Å². The maximum absolute atomic E-state index is 5.75. The molecule has 2 aliphatic rings. The van der Waals surface area contributed by atoms with E-state index in [0.717, 1.165) is 24.2 Å². The predicted octanol–water partition coefficient (Wildman–Crippen LogP) is 2.44. The molecule has 1 N–H and O–H groups in total. The average Bonchev–Trinajstić information content (AvgIpc) is 3.06. The van der Waals surface area contributed by atoms with Gasteiger partial charge in [-0.05, 0) is 24.7 Å². The SMILES string of the molecule is CC1(C)CC1c1cnc(CNC2CC2)o1. The van der Waals surface area contributed by atoms with Crippen LogP contribution in [0.15, 0.2) is 10.6 Å². The third kappa shape index (κ3) is 1.93. The largest absolute Gasteiger partial charge is 0.444 e. The molecule has 0 spiro atoms. The quantitative estimate of drug-likeness (QED) is 0.822. The zero-order valence-electron chi connectivity index (χ0n) is 9.42. The average molecular weight is 206 g/mol. The normalized spacial score (nSPS) is 28.0. The van der Waals surface area contributed by atoms with Crippen molar-refractivity contribution in [1.29, 1.82) is 0 Å². The molecule has 0 amide bonds. The van der Waals surface area contributed by atoms with Gasteiger partial charge in [-0.1, -0.05) is 13.8 Å². The summed E-state index contributed by atoms with van der Waals surface area (Å²) in [5, 5.41) is 3.41. The summed E-state index contributed by atoms with van der Waals surface area (Å²) < 4.78 is 5.75. The molecule has 1 atom stereocenters. The molecular formula is C12H18N2O. The van der Waals surface area contributed by atoms with Crippen molar-refractivity contribution in [2.24, 2.45) is 5.41 Å². The van der Waals surface area contributed by atoms with Gasteiger partial charge < -0.3 is 9.73 Å². The molecule has 3 rings (SSSR count). The maximum atomic E-state index is 5.75. The first-order valence-corrected chi connectivity index (χ1v) is 5.83. The molecule has 3 nitrogen and oxygen atoms in total. The van der Waals surface area contributed by atoms with Gasteiger partial charge in [0.2, 0.25) is 5.89 Å². The lowest BCUT2D eigenvalue weighted by atomic mass is 10.1. The van der Waals surface area contributed by atoms with Crippen molar-refractivity contribution in [3.05, 3.63) is 17.8 Å². The lowest BCUT2D eigenvalue weighted by molar-refractivity contribution is 0.423. The Morgan fingerprint density at radius 3 is 2.87 bits per heavy atom. The molecule has 3 heteroatoms. The highest BCUT2D eigenvalue weighted by molar-refractivity contribution is 5.17. The number of nitrogens with one attached hydrogen (secondary N) is 1. The third-order valence-corrected chi connectivity index (χ3v) is 3.55. The first-order chi connectivity index (χ1) is 7.15. The van der Waals surface area contributed by atoms with Crippen molar-refractivity contribution >= 4 is 0 Å². The highest BCUT2D eigenvalue weighted by atomic mass is 16.4. The van der Waals surface area contributed by atoms with Gasteiger partial charge in [-0.2, -0.15) is 0 Å². The van der Waals surface area contributed by atoms with Crippen LogP contribution in [0.3, 0.4) is 0 Å². The van der Waals surface area contributed by atoms with E-state index in [2.05, 4.69) is 24.1 Å². The fourth-order valence-corrected chi connectivity index (χ4v) is 2.04. The van der Waals surface area contributed by atoms with E-state index in [0.29, 0.717) is 11.3 Å². The van der Waals surface area contributed by atoms with Gasteiger partial charge in [0.05, 0.1) is 12.7 Å². The van der Waals surface area contributed by atoms with Crippen LogP contribution in [0.4, 0.5) is 0 Å². The van der Waals surface area contributed by atoms with Gasteiger partial charge in [0.1, 0.15) is 5.76 Å². The molecule has 1 unspecified atom stereocenters. The van der Waals surface area contributed by atoms with Crippen LogP contribution in [0.25, 0.3) is 0 Å². The van der Waals surface area contributed by atoms with Crippen LogP contribution in [-0.2, 0) is 6.54 Å². The highest BCUT2D eigenvalue weighted by Gasteiger charge is 2.48. The highest BCUT2D eigenvalue weighted by Crippen LogP contribution is 2.58. The molecular weight excluding hydrogens is 188 g/mol. The fraction of sp³-hybridized carbons (Fsp3) is 0.750. The maximum Gasteiger partial charge on any atom is 0.208 e. The standard InChI is InChI=1S/C12H18N2O/c1-12(2)5-9(12)10-6-14-11(15-10)7-13-8-3-4-8/h6,8-9,13H,3-5,7H2,1-2H3. The Labute approximate surface area is 90.3 Å². The van der Waals surface area contributed by atoms with Gasteiger partial charge in [-0.25, -0.2) is 4.98 Å². The Hall–Kier alpha value is -0.830. The Morgan fingerprint density at radius 1 is 1.53 bits per heavy atom. The molecule has 1 aromatic heterocycles. The molecule has 1 aromatic rings. The van der Waals surface area contributed by atoms with Crippen LogP contribution in [0.1, 0.15) is 50.7 Å². The molecule has 0 aromatic carbocycles. The van der Waals surface area contributed by atoms with Crippen molar-refractivity contribution in [2.45, 2.75) is 51.6 Å². The molecule has 1 heterocycles. The molecule has 0 radical (unpaired) electrons. The second-order valence-corrected chi connectivity index (χ2v) is 5.56. The summed E-state index contributed by atoms with van der Waals surface area (Å²) in [6, 6.07) is 0.720. The van der Waals surface area contributed by atoms with E-state index in [9.17, 15) is 0 Å². The van der Waals surface area contributed by atoms with Crippen molar-refractivity contribution in [1.82, 2.24) is 10.3 Å². The number of rotatable bonds is 4. The smallest absolute Gasteiger partial charge is 0.208 e. The topological polar surface area (TPSA) is 38.1 Å². The summed E-state index contributed by atoms with van der Waals surface area (Å²) in [6.07, 6.45) is 5.76. The molecule has 2 fully saturated rings. The zero-order chi connectivity index (χ0) is 10.5. The van der Waals surface area contributed by atoms with Crippen LogP contribution >= 0.6 is 0 Å². The molecule has 15 heavy (non-hydrogen) atoms. The number of aromatic nitrogens is 1. The first kappa shape index (κ1) is 9.40. The summed E-state index contributed by atoms with van der Waals surface area (Å²) in [7, 11) is 0. The van der Waals surface area contributed by atoms with E-state index >= 15 is 0 Å². The first-order valence-electron chi connectivity index (χ1n) is 5.83. The summed E-state index contributed by atoms with van der Waals surface area (Å²) in [4.78, 5) is 4.31. The van der Waals surface area contributed by atoms with Crippen molar-refractivity contribution in [3.8, 4) is 0 Å². The van der Waals surface area contributed by atoms with E-state index in [-0.39, 0.29) is 0 Å². The lowest BCUT2D eigenvalue weighted by Gasteiger charge is -1.99. The summed E-state index contributed by atoms with van der Waals surface area (Å²) in [5.41, 5.74) is 0.431. The van der Waals surface area contributed by atoms with E-state index in [4.69, 9.17) is 4.42 Å². The summed E-state index contributed by atoms with van der Waals surface area (Å²) in [5.74, 6) is 2.52. The van der Waals surface area contributed by atoms with E-state index in [1.807, 2.05) is 6.20 Å². The summed E-state index contributed by atoms with van der Waals surface area (Å²) >= 11 is 0. The lowest BCUT2D eigenvalue weighted by Crippen LogP contribution is -2.15. The van der Waals surface area contributed by atoms with Crippen LogP contribution in [0.5, 0.6) is 0 Å². The minimum absolute atomic E-state index is 0.431. The number of nitrogens with zero attached hydrogens (tertiary/aromatic N) is 1. The van der Waals surface area contributed by atoms with Crippen LogP contribution in [-0.4, -0.2) is 11.0 Å². The van der Waals surface area contributed by atoms with Crippen LogP contribution in [0, 0.1) is 5.41 Å². The summed E-state index contributed by atoms with van der Waals surface area (Å²) in [6.45, 7) is 5.35. The fourth-order valence-electron chi connectivity index (χ4n) is 2.04. The van der Waals surface area contributed by atoms with Gasteiger partial charge in [0.25, 0.3) is 0 Å². The number of hydrogen-bond donors (Lipinski definition) is 1. The van der Waals surface area contributed by atoms with Crippen molar-refractivity contribution in [3.63, 3.8) is 0 Å². The van der Waals surface area contributed by atoms with Crippen LogP contribution in [0.2, 0.25) is 0 Å². The van der Waals surface area contributed by atoms with Crippen molar-refractivity contribution < 1.29 is 4.42 Å². The van der Waals surface area contributed by atoms with E-state index in [1.54, 1.807) is 0 Å². The van der Waals surface area contributed by atoms with Gasteiger partial charge in [-0.15, -0.1) is 0 Å². The molecule has 0 saturated heterocycles. The van der Waals surface area contributed by atoms with Gasteiger partial charge in [-0.3, -0.25) is 0 Å². The Kier molecular flexibility index (Phi) is 1.93. The van der Waals surface area contributed by atoms with Gasteiger partial charge >= 0.3 is 0 Å². The Bertz CT molecular complexity index is 365. The number of oxazole rings is 1. The zero-order valence-corrected chi connectivity index (χ0v) is 9.42. The molecule has 0 aliphatic heterocycles. The Balaban J connectivity index is 1.60. The third-order valence-electron chi connectivity index (χ3n) is 3.55. The van der Waals surface area contributed by atoms with Crippen molar-refractivity contribution in [2.75, 3.05) is 0 Å². The molecule has 0 bridgehead atoms. The van der Waals surface area contributed by atoms with E-state index < -0.39 is 0 Å². The van der Waals surface area contributed by atoms with Gasteiger partial charge in [0.15, 0.2) is 0 Å². The monoisotopic (exact) mass is 206 g/mol. The second-order valence-electron chi connectivity index (χ2n) is 5.56. The molecule has 2 saturated carbocycles. The number of hydrogen-bond acceptors (Lipinski definition) is 3. The Morgan fingerprint density at radius 2 is 2.27 bits per heavy atom. The second kappa shape index (κ2) is 3.08. The minimum Gasteiger partial charge on any atom is -0.444 e. The minimum atomic E-state index is 0.431. The van der Waals surface area contributed by atoms with E-state index in [1.165, 1.54) is 19.3 Å². The van der Waals surface area contributed by atoms with Crippen LogP contribution < -0.4 is 5.32 Å².